The molecule has 2 heterocycles. The third kappa shape index (κ3) is 1.55. The summed E-state index contributed by atoms with van der Waals surface area (Å²) in [7, 11) is 0. The van der Waals surface area contributed by atoms with Gasteiger partial charge in [-0.15, -0.1) is 0 Å². The molecule has 0 amide bonds. The summed E-state index contributed by atoms with van der Waals surface area (Å²) in [5.74, 6) is 0.855. The zero-order chi connectivity index (χ0) is 11.0. The zero-order valence-corrected chi connectivity index (χ0v) is 9.71. The van der Waals surface area contributed by atoms with Crippen LogP contribution in [0.4, 0.5) is 11.5 Å². The second kappa shape index (κ2) is 3.79. The number of nitrogens with one attached hydrogen (secondary N) is 1. The van der Waals surface area contributed by atoms with Gasteiger partial charge in [0.1, 0.15) is 5.03 Å². The lowest BCUT2D eigenvalue weighted by atomic mass is 10.1. The lowest BCUT2D eigenvalue weighted by molar-refractivity contribution is 1.04. The Balaban J connectivity index is 2.05. The summed E-state index contributed by atoms with van der Waals surface area (Å²) >= 11 is 1.67. The summed E-state index contributed by atoms with van der Waals surface area (Å²) in [5.41, 5.74) is 2.47. The summed E-state index contributed by atoms with van der Waals surface area (Å²) in [5, 5.41) is 4.26. The van der Waals surface area contributed by atoms with Crippen molar-refractivity contribution in [2.75, 3.05) is 5.32 Å². The van der Waals surface area contributed by atoms with Crippen LogP contribution in [0.15, 0.2) is 40.5 Å². The molecule has 1 aromatic heterocycles. The molecule has 0 fully saturated rings. The molecule has 3 rings (SSSR count). The Bertz CT molecular complexity index is 540. The van der Waals surface area contributed by atoms with Crippen molar-refractivity contribution < 1.29 is 0 Å². The van der Waals surface area contributed by atoms with E-state index in [0.717, 1.165) is 23.0 Å². The van der Waals surface area contributed by atoms with E-state index in [1.165, 1.54) is 10.5 Å². The molecule has 16 heavy (non-hydrogen) atoms. The fourth-order valence-corrected chi connectivity index (χ4v) is 2.58. The van der Waals surface area contributed by atoms with Crippen molar-refractivity contribution in [2.45, 2.75) is 23.3 Å². The van der Waals surface area contributed by atoms with E-state index >= 15 is 0 Å². The molecular formula is C12H11N3S. The minimum absolute atomic E-state index is 0.855. The average Bonchev–Trinajstić information content (AvgIpc) is 2.35. The first kappa shape index (κ1) is 9.66. The number of aromatic nitrogens is 2. The van der Waals surface area contributed by atoms with Crippen molar-refractivity contribution in [2.24, 2.45) is 0 Å². The standard InChI is InChI=1S/C12H11N3S/c1-2-8-3-4-10-9(7-8)15-11-12(16-10)14-6-5-13-11/h3-7H,2H2,1H3,(H,13,15). The number of hydrogen-bond donors (Lipinski definition) is 1. The van der Waals surface area contributed by atoms with E-state index in [1.807, 2.05) is 0 Å². The summed E-state index contributed by atoms with van der Waals surface area (Å²) in [6, 6.07) is 6.48. The minimum atomic E-state index is 0.855. The van der Waals surface area contributed by atoms with E-state index in [9.17, 15) is 0 Å². The number of nitrogens with zero attached hydrogens (tertiary/aromatic N) is 2. The quantitative estimate of drug-likeness (QED) is 0.695. The molecule has 0 unspecified atom stereocenters. The Morgan fingerprint density at radius 1 is 1.25 bits per heavy atom. The van der Waals surface area contributed by atoms with Crippen LogP contribution in [0.5, 0.6) is 0 Å². The van der Waals surface area contributed by atoms with Crippen LogP contribution < -0.4 is 5.32 Å². The number of rotatable bonds is 1. The lowest BCUT2D eigenvalue weighted by Gasteiger charge is -2.19. The van der Waals surface area contributed by atoms with Crippen molar-refractivity contribution in [3.63, 3.8) is 0 Å². The zero-order valence-electron chi connectivity index (χ0n) is 8.90. The Morgan fingerprint density at radius 3 is 3.00 bits per heavy atom. The second-order valence-corrected chi connectivity index (χ2v) is 4.65. The second-order valence-electron chi connectivity index (χ2n) is 3.62. The highest BCUT2D eigenvalue weighted by Crippen LogP contribution is 2.41. The van der Waals surface area contributed by atoms with E-state index in [1.54, 1.807) is 24.2 Å². The molecular weight excluding hydrogens is 218 g/mol. The summed E-state index contributed by atoms with van der Waals surface area (Å²) in [4.78, 5) is 9.79. The highest BCUT2D eigenvalue weighted by Gasteiger charge is 2.17. The van der Waals surface area contributed by atoms with Gasteiger partial charge in [-0.1, -0.05) is 24.8 Å². The number of aryl methyl sites for hydroxylation is 1. The van der Waals surface area contributed by atoms with E-state index in [0.29, 0.717) is 0 Å². The predicted molar refractivity (Wildman–Crippen MR) is 65.3 cm³/mol. The molecule has 0 bridgehead atoms. The van der Waals surface area contributed by atoms with Gasteiger partial charge in [0.25, 0.3) is 0 Å². The number of hydrogen-bond acceptors (Lipinski definition) is 4. The molecule has 0 saturated heterocycles. The van der Waals surface area contributed by atoms with Crippen LogP contribution in [-0.4, -0.2) is 9.97 Å². The molecule has 1 aliphatic rings. The van der Waals surface area contributed by atoms with Crippen molar-refractivity contribution in [3.05, 3.63) is 36.2 Å². The van der Waals surface area contributed by atoms with Gasteiger partial charge < -0.3 is 5.32 Å². The molecule has 0 spiro atoms. The smallest absolute Gasteiger partial charge is 0.163 e. The summed E-state index contributed by atoms with van der Waals surface area (Å²) < 4.78 is 0. The first-order valence-electron chi connectivity index (χ1n) is 5.25. The van der Waals surface area contributed by atoms with Gasteiger partial charge in [0.2, 0.25) is 0 Å². The monoisotopic (exact) mass is 229 g/mol. The molecule has 0 radical (unpaired) electrons. The Labute approximate surface area is 98.3 Å². The van der Waals surface area contributed by atoms with Gasteiger partial charge in [-0.3, -0.25) is 0 Å². The van der Waals surface area contributed by atoms with E-state index in [2.05, 4.69) is 40.4 Å². The van der Waals surface area contributed by atoms with Crippen LogP contribution in [0.3, 0.4) is 0 Å². The fraction of sp³-hybridized carbons (Fsp3) is 0.167. The maximum atomic E-state index is 4.30. The number of benzene rings is 1. The Hall–Kier alpha value is -1.55. The van der Waals surface area contributed by atoms with Crippen molar-refractivity contribution in [3.8, 4) is 0 Å². The molecule has 1 aromatic carbocycles. The lowest BCUT2D eigenvalue weighted by Crippen LogP contribution is -2.03. The van der Waals surface area contributed by atoms with Crippen LogP contribution in [0, 0.1) is 0 Å². The Morgan fingerprint density at radius 2 is 2.12 bits per heavy atom. The van der Waals surface area contributed by atoms with Crippen LogP contribution in [0.2, 0.25) is 0 Å². The molecule has 80 valence electrons. The molecule has 3 nitrogen and oxygen atoms in total. The van der Waals surface area contributed by atoms with Gasteiger partial charge in [0.05, 0.1) is 5.69 Å². The molecule has 1 aliphatic heterocycles. The average molecular weight is 229 g/mol. The molecule has 1 N–H and O–H groups in total. The minimum Gasteiger partial charge on any atom is -0.337 e. The van der Waals surface area contributed by atoms with Gasteiger partial charge >= 0.3 is 0 Å². The predicted octanol–water partition coefficient (Wildman–Crippen LogP) is 3.25. The van der Waals surface area contributed by atoms with E-state index in [-0.39, 0.29) is 0 Å². The van der Waals surface area contributed by atoms with Gasteiger partial charge in [-0.2, -0.15) is 0 Å². The van der Waals surface area contributed by atoms with Gasteiger partial charge in [0, 0.05) is 17.3 Å². The molecule has 0 aliphatic carbocycles. The summed E-state index contributed by atoms with van der Waals surface area (Å²) in [6.45, 7) is 2.16. The number of fused-ring (bicyclic) bond motifs is 2. The van der Waals surface area contributed by atoms with Crippen LogP contribution >= 0.6 is 11.8 Å². The first-order valence-corrected chi connectivity index (χ1v) is 6.07. The van der Waals surface area contributed by atoms with E-state index in [4.69, 9.17) is 0 Å². The van der Waals surface area contributed by atoms with Crippen LogP contribution in [-0.2, 0) is 6.42 Å². The van der Waals surface area contributed by atoms with Crippen molar-refractivity contribution in [1.29, 1.82) is 0 Å². The van der Waals surface area contributed by atoms with Gasteiger partial charge in [-0.05, 0) is 24.1 Å². The largest absolute Gasteiger partial charge is 0.337 e. The maximum Gasteiger partial charge on any atom is 0.163 e. The molecule has 4 heteroatoms. The third-order valence-corrected chi connectivity index (χ3v) is 3.64. The molecule has 0 saturated carbocycles. The normalized spacial score (nSPS) is 12.6. The Kier molecular flexibility index (Phi) is 2.29. The van der Waals surface area contributed by atoms with Crippen molar-refractivity contribution >= 4 is 23.3 Å². The summed E-state index contributed by atoms with van der Waals surface area (Å²) in [6.07, 6.45) is 4.48. The SMILES string of the molecule is CCc1ccc2c(c1)Nc1nccnc1S2. The van der Waals surface area contributed by atoms with Crippen LogP contribution in [0.1, 0.15) is 12.5 Å². The highest BCUT2D eigenvalue weighted by atomic mass is 32.2. The maximum absolute atomic E-state index is 4.30. The number of anilines is 2. The van der Waals surface area contributed by atoms with Gasteiger partial charge in [0.15, 0.2) is 5.82 Å². The first-order chi connectivity index (χ1) is 7.86. The van der Waals surface area contributed by atoms with Crippen LogP contribution in [0.25, 0.3) is 0 Å². The topological polar surface area (TPSA) is 37.8 Å². The fourth-order valence-electron chi connectivity index (χ4n) is 1.70. The highest BCUT2D eigenvalue weighted by molar-refractivity contribution is 7.99. The van der Waals surface area contributed by atoms with E-state index < -0.39 is 0 Å². The molecule has 2 aromatic rings. The third-order valence-electron chi connectivity index (χ3n) is 2.58. The molecule has 0 atom stereocenters. The van der Waals surface area contributed by atoms with Gasteiger partial charge in [-0.25, -0.2) is 9.97 Å². The van der Waals surface area contributed by atoms with Crippen molar-refractivity contribution in [1.82, 2.24) is 9.97 Å².